The van der Waals surface area contributed by atoms with E-state index in [1.165, 1.54) is 0 Å². The van der Waals surface area contributed by atoms with Crippen molar-refractivity contribution in [3.8, 4) is 0 Å². The smallest absolute Gasteiger partial charge is 0.0890 e. The molecule has 0 aliphatic rings. The summed E-state index contributed by atoms with van der Waals surface area (Å²) in [7, 11) is 0. The summed E-state index contributed by atoms with van der Waals surface area (Å²) >= 11 is 7.52. The van der Waals surface area contributed by atoms with Crippen molar-refractivity contribution < 1.29 is 5.11 Å². The molecule has 0 aliphatic heterocycles. The van der Waals surface area contributed by atoms with Gasteiger partial charge in [-0.2, -0.15) is 0 Å². The van der Waals surface area contributed by atoms with Crippen LogP contribution in [-0.4, -0.2) is 20.8 Å². The van der Waals surface area contributed by atoms with Crippen LogP contribution in [0.3, 0.4) is 0 Å². The molecule has 3 aromatic rings. The Hall–Kier alpha value is -1.62. The van der Waals surface area contributed by atoms with Gasteiger partial charge in [-0.25, -0.2) is 0 Å². The van der Waals surface area contributed by atoms with Crippen LogP contribution in [0.25, 0.3) is 11.0 Å². The van der Waals surface area contributed by atoms with Crippen LogP contribution in [-0.2, 0) is 0 Å². The quantitative estimate of drug-likeness (QED) is 0.736. The van der Waals surface area contributed by atoms with Gasteiger partial charge in [0, 0.05) is 28.1 Å². The molecular formula is C16H13ClN2OS. The Labute approximate surface area is 132 Å². The van der Waals surface area contributed by atoms with E-state index >= 15 is 0 Å². The molecule has 2 aromatic carbocycles. The highest BCUT2D eigenvalue weighted by Crippen LogP contribution is 2.27. The number of nitrogens with zero attached hydrogens (tertiary/aromatic N) is 2. The van der Waals surface area contributed by atoms with Crippen molar-refractivity contribution in [1.29, 1.82) is 0 Å². The molecule has 5 heteroatoms. The van der Waals surface area contributed by atoms with Crippen molar-refractivity contribution in [3.05, 3.63) is 65.4 Å². The summed E-state index contributed by atoms with van der Waals surface area (Å²) in [5.74, 6) is 0.562. The number of fused-ring (bicyclic) bond motifs is 1. The fraction of sp³-hybridized carbons (Fsp3) is 0.125. The molecule has 0 fully saturated rings. The first-order valence-corrected chi connectivity index (χ1v) is 7.86. The van der Waals surface area contributed by atoms with Crippen molar-refractivity contribution in [3.63, 3.8) is 0 Å². The number of hydrogen-bond donors (Lipinski definition) is 1. The SMILES string of the molecule is OC(CSc1cccc(Cl)c1)c1ccc2nccnc2c1. The molecule has 1 unspecified atom stereocenters. The first kappa shape index (κ1) is 14.3. The Kier molecular flexibility index (Phi) is 4.39. The number of hydrogen-bond acceptors (Lipinski definition) is 4. The van der Waals surface area contributed by atoms with Gasteiger partial charge in [0.05, 0.1) is 17.1 Å². The minimum Gasteiger partial charge on any atom is -0.388 e. The van der Waals surface area contributed by atoms with Gasteiger partial charge in [-0.3, -0.25) is 9.97 Å². The monoisotopic (exact) mass is 316 g/mol. The molecule has 0 aliphatic carbocycles. The predicted octanol–water partition coefficient (Wildman–Crippen LogP) is 4.11. The molecule has 0 spiro atoms. The Morgan fingerprint density at radius 1 is 1.05 bits per heavy atom. The summed E-state index contributed by atoms with van der Waals surface area (Å²) in [6.07, 6.45) is 2.76. The van der Waals surface area contributed by atoms with Gasteiger partial charge in [-0.1, -0.05) is 23.7 Å². The Bertz CT molecular complexity index is 766. The predicted molar refractivity (Wildman–Crippen MR) is 86.7 cm³/mol. The number of aliphatic hydroxyl groups is 1. The average Bonchev–Trinajstić information content (AvgIpc) is 2.52. The van der Waals surface area contributed by atoms with E-state index in [4.69, 9.17) is 11.6 Å². The van der Waals surface area contributed by atoms with Crippen LogP contribution in [0.2, 0.25) is 5.02 Å². The zero-order valence-corrected chi connectivity index (χ0v) is 12.7. The summed E-state index contributed by atoms with van der Waals surface area (Å²) in [5.41, 5.74) is 2.47. The lowest BCUT2D eigenvalue weighted by Crippen LogP contribution is -2.01. The molecule has 21 heavy (non-hydrogen) atoms. The highest BCUT2D eigenvalue weighted by atomic mass is 35.5. The normalized spacial score (nSPS) is 12.5. The van der Waals surface area contributed by atoms with E-state index < -0.39 is 6.10 Å². The van der Waals surface area contributed by atoms with Gasteiger partial charge in [-0.15, -0.1) is 11.8 Å². The fourth-order valence-electron chi connectivity index (χ4n) is 2.02. The summed E-state index contributed by atoms with van der Waals surface area (Å²) in [6, 6.07) is 13.3. The third-order valence-corrected chi connectivity index (χ3v) is 4.39. The number of thioether (sulfide) groups is 1. The maximum atomic E-state index is 10.3. The Morgan fingerprint density at radius 2 is 1.86 bits per heavy atom. The van der Waals surface area contributed by atoms with E-state index in [2.05, 4.69) is 9.97 Å². The minimum atomic E-state index is -0.555. The van der Waals surface area contributed by atoms with Crippen LogP contribution < -0.4 is 0 Å². The molecule has 0 radical (unpaired) electrons. The topological polar surface area (TPSA) is 46.0 Å². The van der Waals surface area contributed by atoms with E-state index in [-0.39, 0.29) is 0 Å². The van der Waals surface area contributed by atoms with Gasteiger partial charge in [0.1, 0.15) is 0 Å². The van der Waals surface area contributed by atoms with Gasteiger partial charge in [0.15, 0.2) is 0 Å². The van der Waals surface area contributed by atoms with E-state index in [1.807, 2.05) is 42.5 Å². The number of aliphatic hydroxyl groups excluding tert-OH is 1. The van der Waals surface area contributed by atoms with Crippen molar-refractivity contribution in [1.82, 2.24) is 9.97 Å². The van der Waals surface area contributed by atoms with E-state index in [1.54, 1.807) is 24.2 Å². The summed E-state index contributed by atoms with van der Waals surface area (Å²) in [6.45, 7) is 0. The number of halogens is 1. The second-order valence-electron chi connectivity index (χ2n) is 4.59. The third-order valence-electron chi connectivity index (χ3n) is 3.08. The highest BCUT2D eigenvalue weighted by Gasteiger charge is 2.10. The molecule has 1 heterocycles. The van der Waals surface area contributed by atoms with Crippen molar-refractivity contribution in [2.24, 2.45) is 0 Å². The van der Waals surface area contributed by atoms with Crippen LogP contribution in [0.15, 0.2) is 59.8 Å². The molecule has 0 amide bonds. The highest BCUT2D eigenvalue weighted by molar-refractivity contribution is 7.99. The molecule has 0 bridgehead atoms. The number of rotatable bonds is 4. The molecule has 0 saturated heterocycles. The standard InChI is InChI=1S/C16H13ClN2OS/c17-12-2-1-3-13(9-12)21-10-16(20)11-4-5-14-15(8-11)19-7-6-18-14/h1-9,16,20H,10H2. The molecular weight excluding hydrogens is 304 g/mol. The fourth-order valence-corrected chi connectivity index (χ4v) is 3.20. The maximum absolute atomic E-state index is 10.3. The largest absolute Gasteiger partial charge is 0.388 e. The van der Waals surface area contributed by atoms with Gasteiger partial charge in [0.25, 0.3) is 0 Å². The van der Waals surface area contributed by atoms with E-state index in [9.17, 15) is 5.11 Å². The summed E-state index contributed by atoms with van der Waals surface area (Å²) in [4.78, 5) is 9.52. The molecule has 1 N–H and O–H groups in total. The molecule has 106 valence electrons. The van der Waals surface area contributed by atoms with Crippen LogP contribution in [0, 0.1) is 0 Å². The van der Waals surface area contributed by atoms with E-state index in [0.29, 0.717) is 10.8 Å². The second-order valence-corrected chi connectivity index (χ2v) is 6.12. The molecule has 0 saturated carbocycles. The Morgan fingerprint density at radius 3 is 2.67 bits per heavy atom. The van der Waals surface area contributed by atoms with Crippen molar-refractivity contribution in [2.75, 3.05) is 5.75 Å². The average molecular weight is 317 g/mol. The van der Waals surface area contributed by atoms with Gasteiger partial charge in [0.2, 0.25) is 0 Å². The van der Waals surface area contributed by atoms with Crippen LogP contribution in [0.4, 0.5) is 0 Å². The summed E-state index contributed by atoms with van der Waals surface area (Å²) in [5, 5.41) is 11.0. The second kappa shape index (κ2) is 6.43. The summed E-state index contributed by atoms with van der Waals surface area (Å²) < 4.78 is 0. The molecule has 3 nitrogen and oxygen atoms in total. The molecule has 1 aromatic heterocycles. The lowest BCUT2D eigenvalue weighted by atomic mass is 10.1. The van der Waals surface area contributed by atoms with Crippen LogP contribution in [0.1, 0.15) is 11.7 Å². The molecule has 1 atom stereocenters. The van der Waals surface area contributed by atoms with Gasteiger partial charge >= 0.3 is 0 Å². The molecule has 3 rings (SSSR count). The number of aromatic nitrogens is 2. The zero-order valence-electron chi connectivity index (χ0n) is 11.1. The maximum Gasteiger partial charge on any atom is 0.0890 e. The minimum absolute atomic E-state index is 0.555. The van der Waals surface area contributed by atoms with Crippen LogP contribution >= 0.6 is 23.4 Å². The van der Waals surface area contributed by atoms with Gasteiger partial charge < -0.3 is 5.11 Å². The van der Waals surface area contributed by atoms with Crippen molar-refractivity contribution in [2.45, 2.75) is 11.0 Å². The van der Waals surface area contributed by atoms with E-state index in [0.717, 1.165) is 21.5 Å². The number of benzene rings is 2. The first-order chi connectivity index (χ1) is 10.2. The zero-order chi connectivity index (χ0) is 14.7. The third kappa shape index (κ3) is 3.53. The lowest BCUT2D eigenvalue weighted by molar-refractivity contribution is 0.204. The lowest BCUT2D eigenvalue weighted by Gasteiger charge is -2.11. The van der Waals surface area contributed by atoms with Crippen LogP contribution in [0.5, 0.6) is 0 Å². The first-order valence-electron chi connectivity index (χ1n) is 6.49. The van der Waals surface area contributed by atoms with Crippen molar-refractivity contribution >= 4 is 34.4 Å². The Balaban J connectivity index is 1.73. The van der Waals surface area contributed by atoms with Gasteiger partial charge in [-0.05, 0) is 35.9 Å².